The van der Waals surface area contributed by atoms with Crippen molar-refractivity contribution in [2.75, 3.05) is 19.1 Å². The number of rotatable bonds is 4. The molecule has 1 amide bonds. The summed E-state index contributed by atoms with van der Waals surface area (Å²) >= 11 is 0. The average molecular weight is 457 g/mol. The van der Waals surface area contributed by atoms with E-state index < -0.39 is 16.9 Å². The van der Waals surface area contributed by atoms with E-state index in [2.05, 4.69) is 0 Å². The second-order valence-electron chi connectivity index (χ2n) is 8.94. The van der Waals surface area contributed by atoms with E-state index in [-0.39, 0.29) is 22.6 Å². The largest absolute Gasteiger partial charge is 0.497 e. The maximum Gasteiger partial charge on any atom is 0.347 e. The van der Waals surface area contributed by atoms with E-state index in [1.54, 1.807) is 36.3 Å². The number of hydrogen-bond donors (Lipinski definition) is 0. The third-order valence-corrected chi connectivity index (χ3v) is 6.32. The Labute approximate surface area is 195 Å². The van der Waals surface area contributed by atoms with Crippen LogP contribution in [0.4, 0.5) is 5.69 Å². The van der Waals surface area contributed by atoms with Crippen LogP contribution in [0.1, 0.15) is 42.3 Å². The molecule has 34 heavy (non-hydrogen) atoms. The van der Waals surface area contributed by atoms with Crippen LogP contribution >= 0.6 is 0 Å². The Hall–Kier alpha value is -4.13. The standard InChI is InChI=1S/C27H23NO6/c1-14-13-27(2,3)28-23-17(14)10-16(32-4)11-18(23)19(25(28)30)12-21(29)20-9-15-7-6-8-22(33-5)24(15)34-26(20)31/h6-13H,1-5H3. The van der Waals surface area contributed by atoms with Crippen LogP contribution in [0.5, 0.6) is 11.5 Å². The number of amides is 1. The predicted molar refractivity (Wildman–Crippen MR) is 130 cm³/mol. The van der Waals surface area contributed by atoms with E-state index in [4.69, 9.17) is 13.9 Å². The van der Waals surface area contributed by atoms with Crippen molar-refractivity contribution < 1.29 is 23.5 Å². The molecule has 3 heterocycles. The van der Waals surface area contributed by atoms with Crippen molar-refractivity contribution in [3.63, 3.8) is 0 Å². The molecule has 0 N–H and O–H groups in total. The van der Waals surface area contributed by atoms with Gasteiger partial charge < -0.3 is 13.9 Å². The van der Waals surface area contributed by atoms with Gasteiger partial charge >= 0.3 is 5.63 Å². The molecule has 0 fully saturated rings. The minimum Gasteiger partial charge on any atom is -0.497 e. The second-order valence-corrected chi connectivity index (χ2v) is 8.94. The first kappa shape index (κ1) is 21.7. The Morgan fingerprint density at radius 1 is 1.06 bits per heavy atom. The lowest BCUT2D eigenvalue weighted by atomic mass is 9.89. The lowest BCUT2D eigenvalue weighted by Crippen LogP contribution is -2.46. The van der Waals surface area contributed by atoms with Crippen molar-refractivity contribution in [2.24, 2.45) is 0 Å². The van der Waals surface area contributed by atoms with E-state index in [1.165, 1.54) is 19.3 Å². The van der Waals surface area contributed by atoms with Gasteiger partial charge in [0.25, 0.3) is 5.91 Å². The molecule has 2 aliphatic heterocycles. The zero-order chi connectivity index (χ0) is 24.4. The number of carbonyl (C=O) groups excluding carboxylic acids is 2. The summed E-state index contributed by atoms with van der Waals surface area (Å²) in [5.74, 6) is 0.0521. The first-order valence-electron chi connectivity index (χ1n) is 10.8. The Bertz CT molecular complexity index is 1520. The smallest absolute Gasteiger partial charge is 0.347 e. The molecule has 3 aromatic rings. The van der Waals surface area contributed by atoms with Gasteiger partial charge in [-0.05, 0) is 56.7 Å². The van der Waals surface area contributed by atoms with Gasteiger partial charge in [-0.15, -0.1) is 0 Å². The molecule has 7 nitrogen and oxygen atoms in total. The van der Waals surface area contributed by atoms with Crippen molar-refractivity contribution in [1.29, 1.82) is 0 Å². The average Bonchev–Trinajstić information content (AvgIpc) is 3.08. The minimum atomic E-state index is -0.796. The molecule has 0 spiro atoms. The third-order valence-electron chi connectivity index (χ3n) is 6.32. The molecule has 172 valence electrons. The Morgan fingerprint density at radius 2 is 1.79 bits per heavy atom. The van der Waals surface area contributed by atoms with Gasteiger partial charge in [0.1, 0.15) is 11.3 Å². The number of allylic oxidation sites excluding steroid dienone is 2. The van der Waals surface area contributed by atoms with Crippen molar-refractivity contribution in [1.82, 2.24) is 0 Å². The summed E-state index contributed by atoms with van der Waals surface area (Å²) in [4.78, 5) is 41.2. The van der Waals surface area contributed by atoms with E-state index in [0.717, 1.165) is 16.8 Å². The molecule has 7 heteroatoms. The first-order valence-corrected chi connectivity index (χ1v) is 10.8. The van der Waals surface area contributed by atoms with E-state index in [9.17, 15) is 14.4 Å². The highest BCUT2D eigenvalue weighted by Gasteiger charge is 2.45. The number of methoxy groups -OCH3 is 2. The van der Waals surface area contributed by atoms with Gasteiger partial charge in [0, 0.05) is 16.5 Å². The number of hydrogen-bond acceptors (Lipinski definition) is 6. The van der Waals surface area contributed by atoms with Gasteiger partial charge in [0.2, 0.25) is 0 Å². The highest BCUT2D eigenvalue weighted by molar-refractivity contribution is 6.37. The molecule has 1 aromatic heterocycles. The number of anilines is 1. The molecular formula is C27H23NO6. The zero-order valence-electron chi connectivity index (χ0n) is 19.5. The van der Waals surface area contributed by atoms with Crippen LogP contribution in [0.2, 0.25) is 0 Å². The lowest BCUT2D eigenvalue weighted by molar-refractivity contribution is -0.113. The van der Waals surface area contributed by atoms with Gasteiger partial charge in [-0.2, -0.15) is 0 Å². The topological polar surface area (TPSA) is 86.0 Å². The van der Waals surface area contributed by atoms with Crippen LogP contribution in [-0.4, -0.2) is 31.4 Å². The fraction of sp³-hybridized carbons (Fsp3) is 0.222. The molecule has 0 unspecified atom stereocenters. The zero-order valence-corrected chi connectivity index (χ0v) is 19.5. The number of carbonyl (C=O) groups is 2. The Kier molecular flexibility index (Phi) is 4.75. The van der Waals surface area contributed by atoms with Crippen molar-refractivity contribution in [2.45, 2.75) is 26.3 Å². The molecule has 0 saturated heterocycles. The van der Waals surface area contributed by atoms with Crippen LogP contribution in [0, 0.1) is 0 Å². The molecule has 0 aliphatic carbocycles. The molecule has 0 atom stereocenters. The predicted octanol–water partition coefficient (Wildman–Crippen LogP) is 4.62. The van der Waals surface area contributed by atoms with Crippen molar-refractivity contribution in [3.05, 3.63) is 75.7 Å². The van der Waals surface area contributed by atoms with Crippen LogP contribution in [0.15, 0.2) is 57.8 Å². The number of ketones is 1. The molecule has 2 aromatic carbocycles. The van der Waals surface area contributed by atoms with Gasteiger partial charge in [-0.3, -0.25) is 14.5 Å². The number of para-hydroxylation sites is 1. The Balaban J connectivity index is 1.68. The fourth-order valence-electron chi connectivity index (χ4n) is 4.83. The second kappa shape index (κ2) is 7.45. The quantitative estimate of drug-likeness (QED) is 0.323. The first-order chi connectivity index (χ1) is 16.2. The molecule has 0 bridgehead atoms. The summed E-state index contributed by atoms with van der Waals surface area (Å²) in [6, 6.07) is 10.2. The molecular weight excluding hydrogens is 434 g/mol. The summed E-state index contributed by atoms with van der Waals surface area (Å²) in [5.41, 5.74) is 2.15. The summed E-state index contributed by atoms with van der Waals surface area (Å²) in [6.07, 6.45) is 3.24. The third kappa shape index (κ3) is 3.08. The van der Waals surface area contributed by atoms with Crippen LogP contribution in [0.25, 0.3) is 22.1 Å². The molecule has 5 rings (SSSR count). The van der Waals surface area contributed by atoms with Crippen molar-refractivity contribution in [3.8, 4) is 11.5 Å². The summed E-state index contributed by atoms with van der Waals surface area (Å²) in [6.45, 7) is 5.88. The number of ether oxygens (including phenoxy) is 2. The van der Waals surface area contributed by atoms with Crippen LogP contribution in [-0.2, 0) is 4.79 Å². The van der Waals surface area contributed by atoms with E-state index in [1.807, 2.05) is 32.9 Å². The summed E-state index contributed by atoms with van der Waals surface area (Å²) in [5, 5.41) is 0.545. The lowest BCUT2D eigenvalue weighted by Gasteiger charge is -2.38. The number of benzene rings is 2. The monoisotopic (exact) mass is 457 g/mol. The van der Waals surface area contributed by atoms with Gasteiger partial charge in [0.15, 0.2) is 17.1 Å². The Morgan fingerprint density at radius 3 is 2.50 bits per heavy atom. The van der Waals surface area contributed by atoms with Gasteiger partial charge in [-0.1, -0.05) is 18.2 Å². The molecule has 0 radical (unpaired) electrons. The SMILES string of the molecule is COc1cc2c3c(c1)C(=CC(=O)c1cc4cccc(OC)c4oc1=O)C(=O)N3C(C)(C)C=C2C. The minimum absolute atomic E-state index is 0.160. The fourth-order valence-corrected chi connectivity index (χ4v) is 4.83. The summed E-state index contributed by atoms with van der Waals surface area (Å²) in [7, 11) is 3.03. The van der Waals surface area contributed by atoms with Crippen LogP contribution < -0.4 is 20.0 Å². The summed E-state index contributed by atoms with van der Waals surface area (Å²) < 4.78 is 16.1. The van der Waals surface area contributed by atoms with Gasteiger partial charge in [-0.25, -0.2) is 4.79 Å². The molecule has 0 saturated carbocycles. The highest BCUT2D eigenvalue weighted by atomic mass is 16.5. The normalized spacial score (nSPS) is 17.1. The number of nitrogens with zero attached hydrogens (tertiary/aromatic N) is 1. The number of fused-ring (bicyclic) bond motifs is 1. The highest BCUT2D eigenvalue weighted by Crippen LogP contribution is 2.50. The van der Waals surface area contributed by atoms with Crippen molar-refractivity contribution >= 4 is 39.5 Å². The van der Waals surface area contributed by atoms with E-state index >= 15 is 0 Å². The molecule has 2 aliphatic rings. The van der Waals surface area contributed by atoms with Crippen LogP contribution in [0.3, 0.4) is 0 Å². The van der Waals surface area contributed by atoms with E-state index in [0.29, 0.717) is 22.4 Å². The maximum atomic E-state index is 13.6. The van der Waals surface area contributed by atoms with Gasteiger partial charge in [0.05, 0.1) is 31.0 Å². The maximum absolute atomic E-state index is 13.6.